The van der Waals surface area contributed by atoms with E-state index in [0.29, 0.717) is 17.0 Å². The van der Waals surface area contributed by atoms with Gasteiger partial charge in [0.15, 0.2) is 0 Å². The van der Waals surface area contributed by atoms with Gasteiger partial charge >= 0.3 is 0 Å². The van der Waals surface area contributed by atoms with Crippen LogP contribution in [0.5, 0.6) is 0 Å². The van der Waals surface area contributed by atoms with Crippen LogP contribution in [-0.2, 0) is 6.42 Å². The number of nitrogens with one attached hydrogen (secondary N) is 1. The Bertz CT molecular complexity index is 574. The van der Waals surface area contributed by atoms with Crippen LogP contribution >= 0.6 is 11.6 Å². The van der Waals surface area contributed by atoms with Crippen LogP contribution in [0.25, 0.3) is 0 Å². The highest BCUT2D eigenvalue weighted by Gasteiger charge is 2.16. The fraction of sp³-hybridized carbons (Fsp3) is 0.214. The molecule has 1 heterocycles. The number of benzene rings is 1. The van der Waals surface area contributed by atoms with Crippen LogP contribution in [0.1, 0.15) is 22.7 Å². The van der Waals surface area contributed by atoms with E-state index in [1.165, 1.54) is 6.07 Å². The standard InChI is InChI=1S/C14H15ClFN3/c1-9-2-3-11(13(16)6-9)14(19-17)7-10-4-5-18-8-12(10)15/h2-6,8,14,19H,7,17H2,1H3. The summed E-state index contributed by atoms with van der Waals surface area (Å²) in [6.07, 6.45) is 3.72. The van der Waals surface area contributed by atoms with Crippen LogP contribution < -0.4 is 11.3 Å². The second-order valence-electron chi connectivity index (χ2n) is 4.42. The first kappa shape index (κ1) is 13.9. The van der Waals surface area contributed by atoms with Crippen LogP contribution in [0.3, 0.4) is 0 Å². The summed E-state index contributed by atoms with van der Waals surface area (Å²) in [5.41, 5.74) is 4.91. The van der Waals surface area contributed by atoms with E-state index >= 15 is 0 Å². The van der Waals surface area contributed by atoms with Crippen LogP contribution in [0.4, 0.5) is 4.39 Å². The molecule has 1 aromatic heterocycles. The molecule has 2 rings (SSSR count). The van der Waals surface area contributed by atoms with Gasteiger partial charge < -0.3 is 0 Å². The molecule has 0 radical (unpaired) electrons. The fourth-order valence-corrected chi connectivity index (χ4v) is 2.16. The molecule has 19 heavy (non-hydrogen) atoms. The lowest BCUT2D eigenvalue weighted by molar-refractivity contribution is 0.510. The maximum Gasteiger partial charge on any atom is 0.128 e. The minimum absolute atomic E-state index is 0.270. The van der Waals surface area contributed by atoms with Gasteiger partial charge in [-0.2, -0.15) is 0 Å². The minimum Gasteiger partial charge on any atom is -0.271 e. The molecule has 100 valence electrons. The quantitative estimate of drug-likeness (QED) is 0.668. The number of hydrazine groups is 1. The van der Waals surface area contributed by atoms with Crippen molar-refractivity contribution < 1.29 is 4.39 Å². The maximum absolute atomic E-state index is 13.9. The number of nitrogens with zero attached hydrogens (tertiary/aromatic N) is 1. The Morgan fingerprint density at radius 1 is 1.42 bits per heavy atom. The molecule has 3 nitrogen and oxygen atoms in total. The van der Waals surface area contributed by atoms with E-state index in [4.69, 9.17) is 17.4 Å². The summed E-state index contributed by atoms with van der Waals surface area (Å²) in [6, 6.07) is 6.56. The third-order valence-electron chi connectivity index (χ3n) is 3.01. The van der Waals surface area contributed by atoms with Crippen LogP contribution in [-0.4, -0.2) is 4.98 Å². The van der Waals surface area contributed by atoms with E-state index in [-0.39, 0.29) is 11.9 Å². The average Bonchev–Trinajstić information content (AvgIpc) is 2.39. The molecule has 0 fully saturated rings. The first-order chi connectivity index (χ1) is 9.11. The van der Waals surface area contributed by atoms with E-state index in [1.54, 1.807) is 24.5 Å². The predicted molar refractivity (Wildman–Crippen MR) is 74.2 cm³/mol. The van der Waals surface area contributed by atoms with Crippen molar-refractivity contribution >= 4 is 11.6 Å². The van der Waals surface area contributed by atoms with Gasteiger partial charge in [0.05, 0.1) is 11.1 Å². The Hall–Kier alpha value is -1.49. The molecule has 5 heteroatoms. The lowest BCUT2D eigenvalue weighted by Gasteiger charge is -2.18. The van der Waals surface area contributed by atoms with Crippen molar-refractivity contribution in [1.82, 2.24) is 10.4 Å². The normalized spacial score (nSPS) is 12.4. The number of hydrogen-bond acceptors (Lipinski definition) is 3. The highest BCUT2D eigenvalue weighted by atomic mass is 35.5. The van der Waals surface area contributed by atoms with Crippen LogP contribution in [0.2, 0.25) is 5.02 Å². The molecule has 3 N–H and O–H groups in total. The SMILES string of the molecule is Cc1ccc(C(Cc2ccncc2Cl)NN)c(F)c1. The Morgan fingerprint density at radius 3 is 2.84 bits per heavy atom. The first-order valence-electron chi connectivity index (χ1n) is 5.92. The topological polar surface area (TPSA) is 50.9 Å². The van der Waals surface area contributed by atoms with Gasteiger partial charge in [0.25, 0.3) is 0 Å². The molecule has 0 saturated heterocycles. The molecule has 1 aromatic carbocycles. The van der Waals surface area contributed by atoms with Gasteiger partial charge in [0, 0.05) is 18.0 Å². The molecule has 0 aliphatic heterocycles. The summed E-state index contributed by atoms with van der Waals surface area (Å²) in [5, 5.41) is 0.551. The van der Waals surface area contributed by atoms with Gasteiger partial charge in [0.1, 0.15) is 5.82 Å². The summed E-state index contributed by atoms with van der Waals surface area (Å²) >= 11 is 6.05. The number of pyridine rings is 1. The van der Waals surface area contributed by atoms with E-state index in [1.807, 2.05) is 13.0 Å². The summed E-state index contributed by atoms with van der Waals surface area (Å²) < 4.78 is 13.9. The molecular weight excluding hydrogens is 265 g/mol. The van der Waals surface area contributed by atoms with Gasteiger partial charge in [-0.1, -0.05) is 23.7 Å². The number of nitrogens with two attached hydrogens (primary N) is 1. The van der Waals surface area contributed by atoms with Crippen molar-refractivity contribution in [3.8, 4) is 0 Å². The molecule has 0 aliphatic rings. The lowest BCUT2D eigenvalue weighted by Crippen LogP contribution is -2.30. The highest BCUT2D eigenvalue weighted by molar-refractivity contribution is 6.31. The number of hydrogen-bond donors (Lipinski definition) is 2. The minimum atomic E-state index is -0.333. The second kappa shape index (κ2) is 6.10. The Morgan fingerprint density at radius 2 is 2.21 bits per heavy atom. The summed E-state index contributed by atoms with van der Waals surface area (Å²) in [5.74, 6) is 5.26. The second-order valence-corrected chi connectivity index (χ2v) is 4.82. The molecule has 1 unspecified atom stereocenters. The van der Waals surface area contributed by atoms with Crippen molar-refractivity contribution in [2.75, 3.05) is 0 Å². The van der Waals surface area contributed by atoms with Crippen molar-refractivity contribution in [2.45, 2.75) is 19.4 Å². The van der Waals surface area contributed by atoms with Gasteiger partial charge in [-0.15, -0.1) is 0 Å². The summed E-state index contributed by atoms with van der Waals surface area (Å²) in [4.78, 5) is 3.92. The average molecular weight is 280 g/mol. The lowest BCUT2D eigenvalue weighted by atomic mass is 9.98. The van der Waals surface area contributed by atoms with Crippen LogP contribution in [0.15, 0.2) is 36.7 Å². The smallest absolute Gasteiger partial charge is 0.128 e. The zero-order chi connectivity index (χ0) is 13.8. The molecule has 0 aliphatic carbocycles. The van der Waals surface area contributed by atoms with Crippen molar-refractivity contribution in [3.05, 3.63) is 64.2 Å². The van der Waals surface area contributed by atoms with Gasteiger partial charge in [-0.3, -0.25) is 16.3 Å². The largest absolute Gasteiger partial charge is 0.271 e. The first-order valence-corrected chi connectivity index (χ1v) is 6.30. The maximum atomic E-state index is 13.9. The zero-order valence-corrected chi connectivity index (χ0v) is 11.3. The fourth-order valence-electron chi connectivity index (χ4n) is 1.96. The summed E-state index contributed by atoms with van der Waals surface area (Å²) in [7, 11) is 0. The van der Waals surface area contributed by atoms with Gasteiger partial charge in [-0.05, 0) is 36.6 Å². The van der Waals surface area contributed by atoms with E-state index in [0.717, 1.165) is 11.1 Å². The Labute approximate surface area is 116 Å². The molecule has 0 spiro atoms. The molecule has 0 saturated carbocycles. The monoisotopic (exact) mass is 279 g/mol. The Balaban J connectivity index is 2.28. The predicted octanol–water partition coefficient (Wildman–Crippen LogP) is 2.93. The summed E-state index contributed by atoms with van der Waals surface area (Å²) in [6.45, 7) is 1.84. The Kier molecular flexibility index (Phi) is 4.47. The molecule has 0 amide bonds. The van der Waals surface area contributed by atoms with Crippen molar-refractivity contribution in [1.29, 1.82) is 0 Å². The number of halogens is 2. The number of aryl methyl sites for hydroxylation is 1. The van der Waals surface area contributed by atoms with Crippen LogP contribution in [0, 0.1) is 12.7 Å². The molecule has 0 bridgehead atoms. The van der Waals surface area contributed by atoms with E-state index < -0.39 is 0 Å². The number of aromatic nitrogens is 1. The van der Waals surface area contributed by atoms with Gasteiger partial charge in [-0.25, -0.2) is 4.39 Å². The van der Waals surface area contributed by atoms with Gasteiger partial charge in [0.2, 0.25) is 0 Å². The highest BCUT2D eigenvalue weighted by Crippen LogP contribution is 2.24. The van der Waals surface area contributed by atoms with E-state index in [9.17, 15) is 4.39 Å². The third kappa shape index (κ3) is 3.29. The van der Waals surface area contributed by atoms with E-state index in [2.05, 4.69) is 10.4 Å². The molecular formula is C14H15ClFN3. The third-order valence-corrected chi connectivity index (χ3v) is 3.35. The number of rotatable bonds is 4. The molecule has 1 atom stereocenters. The van der Waals surface area contributed by atoms with Crippen molar-refractivity contribution in [3.63, 3.8) is 0 Å². The van der Waals surface area contributed by atoms with Crippen molar-refractivity contribution in [2.24, 2.45) is 5.84 Å². The molecule has 2 aromatic rings. The zero-order valence-electron chi connectivity index (χ0n) is 10.5.